The maximum Gasteiger partial charge on any atom is 0.0954 e. The van der Waals surface area contributed by atoms with Gasteiger partial charge in [0.25, 0.3) is 0 Å². The average Bonchev–Trinajstić information content (AvgIpc) is 2.62. The lowest BCUT2D eigenvalue weighted by Gasteiger charge is -1.96. The predicted octanol–water partition coefficient (Wildman–Crippen LogP) is 2.13. The standard InChI is InChI=1S/C11H20N2OS/c1-3-5-9-10(8-12)15-11(13-9)6-7-14-4-2/h3-8,12H2,1-2H3. The van der Waals surface area contributed by atoms with E-state index in [-0.39, 0.29) is 0 Å². The first kappa shape index (κ1) is 12.6. The van der Waals surface area contributed by atoms with Gasteiger partial charge in [0.1, 0.15) is 0 Å². The minimum absolute atomic E-state index is 0.613. The Morgan fingerprint density at radius 2 is 2.13 bits per heavy atom. The van der Waals surface area contributed by atoms with Gasteiger partial charge in [-0.05, 0) is 13.3 Å². The highest BCUT2D eigenvalue weighted by Crippen LogP contribution is 2.19. The molecule has 3 nitrogen and oxygen atoms in total. The van der Waals surface area contributed by atoms with Crippen LogP contribution in [0.15, 0.2) is 0 Å². The number of hydrogen-bond acceptors (Lipinski definition) is 4. The zero-order valence-corrected chi connectivity index (χ0v) is 10.4. The zero-order chi connectivity index (χ0) is 11.1. The highest BCUT2D eigenvalue weighted by Gasteiger charge is 2.08. The Balaban J connectivity index is 2.57. The minimum atomic E-state index is 0.613. The summed E-state index contributed by atoms with van der Waals surface area (Å²) in [5, 5.41) is 1.16. The second kappa shape index (κ2) is 6.93. The molecule has 0 saturated carbocycles. The molecule has 0 bridgehead atoms. The largest absolute Gasteiger partial charge is 0.381 e. The number of thiazole rings is 1. The van der Waals surface area contributed by atoms with Gasteiger partial charge in [0.15, 0.2) is 0 Å². The molecule has 1 aromatic rings. The van der Waals surface area contributed by atoms with E-state index in [9.17, 15) is 0 Å². The Kier molecular flexibility index (Phi) is 5.83. The fourth-order valence-corrected chi connectivity index (χ4v) is 2.41. The molecule has 0 aliphatic heterocycles. The van der Waals surface area contributed by atoms with E-state index in [4.69, 9.17) is 10.5 Å². The Hall–Kier alpha value is -0.450. The predicted molar refractivity (Wildman–Crippen MR) is 64.2 cm³/mol. The Labute approximate surface area is 95.7 Å². The third-order valence-electron chi connectivity index (χ3n) is 2.16. The van der Waals surface area contributed by atoms with E-state index in [0.717, 1.165) is 37.5 Å². The van der Waals surface area contributed by atoms with Gasteiger partial charge < -0.3 is 10.5 Å². The zero-order valence-electron chi connectivity index (χ0n) is 9.58. The van der Waals surface area contributed by atoms with E-state index in [2.05, 4.69) is 11.9 Å². The molecule has 0 saturated heterocycles. The molecule has 15 heavy (non-hydrogen) atoms. The molecule has 1 heterocycles. The number of nitrogens with zero attached hydrogens (tertiary/aromatic N) is 1. The highest BCUT2D eigenvalue weighted by atomic mass is 32.1. The summed E-state index contributed by atoms with van der Waals surface area (Å²) in [5.74, 6) is 0. The topological polar surface area (TPSA) is 48.1 Å². The maximum atomic E-state index is 5.69. The summed E-state index contributed by atoms with van der Waals surface area (Å²) in [6.45, 7) is 6.33. The Bertz CT molecular complexity index is 286. The molecule has 1 rings (SSSR count). The first-order valence-corrected chi connectivity index (χ1v) is 6.38. The van der Waals surface area contributed by atoms with Gasteiger partial charge in [-0.25, -0.2) is 4.98 Å². The second-order valence-electron chi connectivity index (χ2n) is 3.38. The van der Waals surface area contributed by atoms with Crippen LogP contribution in [-0.2, 0) is 24.1 Å². The summed E-state index contributed by atoms with van der Waals surface area (Å²) in [7, 11) is 0. The average molecular weight is 228 g/mol. The van der Waals surface area contributed by atoms with Crippen LogP contribution in [0.25, 0.3) is 0 Å². The minimum Gasteiger partial charge on any atom is -0.381 e. The quantitative estimate of drug-likeness (QED) is 0.727. The SMILES string of the molecule is CCCc1nc(CCOCC)sc1CN. The monoisotopic (exact) mass is 228 g/mol. The molecular weight excluding hydrogens is 208 g/mol. The number of aromatic nitrogens is 1. The van der Waals surface area contributed by atoms with Gasteiger partial charge >= 0.3 is 0 Å². The lowest BCUT2D eigenvalue weighted by atomic mass is 10.2. The maximum absolute atomic E-state index is 5.69. The molecule has 0 aliphatic carbocycles. The van der Waals surface area contributed by atoms with Crippen molar-refractivity contribution in [1.29, 1.82) is 0 Å². The van der Waals surface area contributed by atoms with E-state index in [1.54, 1.807) is 11.3 Å². The molecular formula is C11H20N2OS. The van der Waals surface area contributed by atoms with Crippen LogP contribution in [-0.4, -0.2) is 18.2 Å². The third kappa shape index (κ3) is 3.89. The van der Waals surface area contributed by atoms with Gasteiger partial charge in [-0.3, -0.25) is 0 Å². The summed E-state index contributed by atoms with van der Waals surface area (Å²) >= 11 is 1.73. The van der Waals surface area contributed by atoms with Crippen LogP contribution in [0.2, 0.25) is 0 Å². The number of hydrogen-bond donors (Lipinski definition) is 1. The van der Waals surface area contributed by atoms with Crippen molar-refractivity contribution in [2.24, 2.45) is 5.73 Å². The molecule has 0 amide bonds. The van der Waals surface area contributed by atoms with Crippen LogP contribution in [0, 0.1) is 0 Å². The normalized spacial score (nSPS) is 10.9. The molecule has 86 valence electrons. The first-order chi connectivity index (χ1) is 7.31. The molecule has 0 unspecified atom stereocenters. The highest BCUT2D eigenvalue weighted by molar-refractivity contribution is 7.11. The third-order valence-corrected chi connectivity index (χ3v) is 3.34. The fraction of sp³-hybridized carbons (Fsp3) is 0.727. The van der Waals surface area contributed by atoms with E-state index in [0.29, 0.717) is 6.54 Å². The lowest BCUT2D eigenvalue weighted by molar-refractivity contribution is 0.151. The smallest absolute Gasteiger partial charge is 0.0954 e. The summed E-state index contributed by atoms with van der Waals surface area (Å²) in [6.07, 6.45) is 3.08. The van der Waals surface area contributed by atoms with Crippen LogP contribution in [0.4, 0.5) is 0 Å². The number of nitrogens with two attached hydrogens (primary N) is 1. The van der Waals surface area contributed by atoms with Crippen LogP contribution >= 0.6 is 11.3 Å². The second-order valence-corrected chi connectivity index (χ2v) is 4.55. The molecule has 0 fully saturated rings. The van der Waals surface area contributed by atoms with Gasteiger partial charge in [0, 0.05) is 24.4 Å². The molecule has 0 aromatic carbocycles. The van der Waals surface area contributed by atoms with Crippen molar-refractivity contribution in [3.63, 3.8) is 0 Å². The number of ether oxygens (including phenoxy) is 1. The van der Waals surface area contributed by atoms with E-state index in [1.165, 1.54) is 10.6 Å². The van der Waals surface area contributed by atoms with Crippen molar-refractivity contribution in [3.8, 4) is 0 Å². The molecule has 0 spiro atoms. The number of aryl methyl sites for hydroxylation is 1. The van der Waals surface area contributed by atoms with Crippen molar-refractivity contribution in [3.05, 3.63) is 15.6 Å². The summed E-state index contributed by atoms with van der Waals surface area (Å²) in [6, 6.07) is 0. The van der Waals surface area contributed by atoms with Gasteiger partial charge in [0.05, 0.1) is 17.3 Å². The van der Waals surface area contributed by atoms with Crippen LogP contribution in [0.5, 0.6) is 0 Å². The summed E-state index contributed by atoms with van der Waals surface area (Å²) < 4.78 is 5.32. The Morgan fingerprint density at radius 1 is 1.33 bits per heavy atom. The molecule has 0 radical (unpaired) electrons. The molecule has 0 aliphatic rings. The Morgan fingerprint density at radius 3 is 2.73 bits per heavy atom. The van der Waals surface area contributed by atoms with E-state index >= 15 is 0 Å². The fourth-order valence-electron chi connectivity index (χ4n) is 1.44. The first-order valence-electron chi connectivity index (χ1n) is 5.57. The van der Waals surface area contributed by atoms with Crippen molar-refractivity contribution in [2.45, 2.75) is 39.7 Å². The van der Waals surface area contributed by atoms with Crippen molar-refractivity contribution >= 4 is 11.3 Å². The van der Waals surface area contributed by atoms with E-state index in [1.807, 2.05) is 6.92 Å². The van der Waals surface area contributed by atoms with Crippen molar-refractivity contribution < 1.29 is 4.74 Å². The van der Waals surface area contributed by atoms with Gasteiger partial charge in [-0.2, -0.15) is 0 Å². The van der Waals surface area contributed by atoms with Gasteiger partial charge in [-0.15, -0.1) is 11.3 Å². The van der Waals surface area contributed by atoms with Crippen LogP contribution in [0.3, 0.4) is 0 Å². The lowest BCUT2D eigenvalue weighted by Crippen LogP contribution is -1.98. The summed E-state index contributed by atoms with van der Waals surface area (Å²) in [4.78, 5) is 5.84. The summed E-state index contributed by atoms with van der Waals surface area (Å²) in [5.41, 5.74) is 6.88. The van der Waals surface area contributed by atoms with Crippen LogP contribution < -0.4 is 5.73 Å². The van der Waals surface area contributed by atoms with Gasteiger partial charge in [-0.1, -0.05) is 13.3 Å². The number of rotatable bonds is 7. The van der Waals surface area contributed by atoms with Crippen molar-refractivity contribution in [1.82, 2.24) is 4.98 Å². The molecule has 1 aromatic heterocycles. The molecule has 2 N–H and O–H groups in total. The van der Waals surface area contributed by atoms with Gasteiger partial charge in [0.2, 0.25) is 0 Å². The molecule has 0 atom stereocenters. The van der Waals surface area contributed by atoms with Crippen molar-refractivity contribution in [2.75, 3.05) is 13.2 Å². The molecule has 4 heteroatoms. The van der Waals surface area contributed by atoms with Crippen LogP contribution in [0.1, 0.15) is 35.8 Å². The van der Waals surface area contributed by atoms with E-state index < -0.39 is 0 Å².